The minimum atomic E-state index is 0.230. The molecule has 68 heavy (non-hydrogen) atoms. The number of likely N-dealkylation sites (N-methyl/N-ethyl adjacent to an activating group) is 4. The van der Waals surface area contributed by atoms with Crippen LogP contribution in [-0.2, 0) is 51.9 Å². The molecule has 1 aliphatic carbocycles. The maximum absolute atomic E-state index is 12.4. The summed E-state index contributed by atoms with van der Waals surface area (Å²) in [5.74, 6) is 0.919. The Morgan fingerprint density at radius 2 is 0.412 bits per heavy atom. The van der Waals surface area contributed by atoms with Crippen molar-refractivity contribution in [3.8, 4) is 23.0 Å². The fourth-order valence-corrected chi connectivity index (χ4v) is 11.7. The number of rotatable bonds is 12. The number of phenols is 4. The van der Waals surface area contributed by atoms with E-state index in [0.29, 0.717) is 25.7 Å². The van der Waals surface area contributed by atoms with E-state index in [1.165, 1.54) is 0 Å². The summed E-state index contributed by atoms with van der Waals surface area (Å²) < 4.78 is 0. The van der Waals surface area contributed by atoms with Gasteiger partial charge in [-0.1, -0.05) is 76.2 Å². The van der Waals surface area contributed by atoms with Crippen LogP contribution in [0.1, 0.15) is 94.5 Å². The number of phenolic OH excluding ortho intramolecular Hbond substituents is 4. The topological polar surface area (TPSA) is 107 Å². The summed E-state index contributed by atoms with van der Waals surface area (Å²) in [7, 11) is 0. The highest BCUT2D eigenvalue weighted by Crippen LogP contribution is 2.40. The third-order valence-corrected chi connectivity index (χ3v) is 16.1. The van der Waals surface area contributed by atoms with E-state index < -0.39 is 0 Å². The molecule has 0 spiro atoms. The molecule has 0 aromatic heterocycles. The molecule has 368 valence electrons. The molecule has 4 heterocycles. The van der Waals surface area contributed by atoms with Crippen LogP contribution >= 0.6 is 0 Å². The Hall–Kier alpha value is -4.24. The van der Waals surface area contributed by atoms with E-state index in [4.69, 9.17) is 0 Å². The molecule has 4 aromatic carbocycles. The van der Waals surface area contributed by atoms with Crippen molar-refractivity contribution in [1.29, 1.82) is 0 Å². The molecule has 4 aliphatic heterocycles. The lowest BCUT2D eigenvalue weighted by atomic mass is 9.88. The second-order valence-electron chi connectivity index (χ2n) is 20.6. The van der Waals surface area contributed by atoms with Gasteiger partial charge in [-0.05, 0) is 92.9 Å². The van der Waals surface area contributed by atoms with Crippen LogP contribution in [0.4, 0.5) is 0 Å². The number of hydrogen-bond donors (Lipinski definition) is 4. The molecule has 4 fully saturated rings. The maximum Gasteiger partial charge on any atom is 0.122 e. The third-order valence-electron chi connectivity index (χ3n) is 16.1. The predicted octanol–water partition coefficient (Wildman–Crippen LogP) is 5.74. The Balaban J connectivity index is 1.15. The lowest BCUT2D eigenvalue weighted by Gasteiger charge is -2.34. The van der Waals surface area contributed by atoms with Gasteiger partial charge < -0.3 is 40.0 Å². The van der Waals surface area contributed by atoms with E-state index in [1.54, 1.807) is 0 Å². The summed E-state index contributed by atoms with van der Waals surface area (Å²) in [6.07, 6.45) is 1.42. The number of hydrogen-bond acceptors (Lipinski definition) is 12. The first kappa shape index (κ1) is 48.8. The second-order valence-corrected chi connectivity index (χ2v) is 20.6. The molecule has 0 saturated carbocycles. The van der Waals surface area contributed by atoms with E-state index in [1.807, 2.05) is 0 Å². The zero-order chi connectivity index (χ0) is 47.3. The highest BCUT2D eigenvalue weighted by Gasteiger charge is 2.26. The molecule has 4 aromatic rings. The van der Waals surface area contributed by atoms with Gasteiger partial charge in [-0.25, -0.2) is 0 Å². The van der Waals surface area contributed by atoms with Crippen LogP contribution in [0.5, 0.6) is 23.0 Å². The van der Waals surface area contributed by atoms with Crippen molar-refractivity contribution in [3.63, 3.8) is 0 Å². The standard InChI is InChI=1S/C56H80N8O4/c1-5-57-9-17-61(18-10-57)37-41-25-45-33-47-27-42(38-62-19-11-58(6-2)12-20-62)29-49(54(47)66)35-51-31-44(40-64-23-15-60(8-4)16-24-64)32-52(56(51)68)36-50-30-43(39-63-21-13-59(7-3)14-22-63)28-48(55(50)67)34-46(26-41)53(45)65/h25-32,65-68H,5-24,33-40H2,1-4H3. The molecule has 9 rings (SSSR count). The quantitative estimate of drug-likeness (QED) is 0.123. The minimum Gasteiger partial charge on any atom is -0.507 e. The first-order valence-electron chi connectivity index (χ1n) is 26.2. The van der Waals surface area contributed by atoms with Crippen molar-refractivity contribution in [1.82, 2.24) is 39.2 Å². The van der Waals surface area contributed by atoms with E-state index in [9.17, 15) is 20.4 Å². The first-order chi connectivity index (χ1) is 33.0. The van der Waals surface area contributed by atoms with Gasteiger partial charge in [0.2, 0.25) is 0 Å². The predicted molar refractivity (Wildman–Crippen MR) is 273 cm³/mol. The van der Waals surface area contributed by atoms with E-state index in [-0.39, 0.29) is 23.0 Å². The molecule has 12 nitrogen and oxygen atoms in total. The van der Waals surface area contributed by atoms with Gasteiger partial charge in [0.15, 0.2) is 0 Å². The van der Waals surface area contributed by atoms with E-state index >= 15 is 0 Å². The largest absolute Gasteiger partial charge is 0.507 e. The molecule has 5 aliphatic rings. The molecule has 0 unspecified atom stereocenters. The van der Waals surface area contributed by atoms with E-state index in [0.717, 1.165) is 224 Å². The van der Waals surface area contributed by atoms with Crippen LogP contribution in [0.3, 0.4) is 0 Å². The highest BCUT2D eigenvalue weighted by molar-refractivity contribution is 5.57. The second kappa shape index (κ2) is 22.2. The number of nitrogens with zero attached hydrogens (tertiary/aromatic N) is 8. The summed E-state index contributed by atoms with van der Waals surface area (Å²) in [4.78, 5) is 20.1. The molecule has 8 bridgehead atoms. The van der Waals surface area contributed by atoms with Crippen LogP contribution in [0.25, 0.3) is 0 Å². The van der Waals surface area contributed by atoms with Crippen LogP contribution in [0.2, 0.25) is 0 Å². The van der Waals surface area contributed by atoms with Gasteiger partial charge in [0.05, 0.1) is 0 Å². The van der Waals surface area contributed by atoms with Crippen LogP contribution < -0.4 is 0 Å². The van der Waals surface area contributed by atoms with Crippen LogP contribution in [-0.4, -0.2) is 191 Å². The Morgan fingerprint density at radius 1 is 0.265 bits per heavy atom. The van der Waals surface area contributed by atoms with Crippen molar-refractivity contribution < 1.29 is 20.4 Å². The first-order valence-corrected chi connectivity index (χ1v) is 26.2. The molecule has 0 radical (unpaired) electrons. The summed E-state index contributed by atoms with van der Waals surface area (Å²) in [5.41, 5.74) is 10.8. The molecule has 4 N–H and O–H groups in total. The highest BCUT2D eigenvalue weighted by atomic mass is 16.3. The smallest absolute Gasteiger partial charge is 0.122 e. The zero-order valence-electron chi connectivity index (χ0n) is 41.8. The minimum absolute atomic E-state index is 0.230. The average Bonchev–Trinajstić information content (AvgIpc) is 3.35. The number of fused-ring (bicyclic) bond motifs is 8. The van der Waals surface area contributed by atoms with Crippen molar-refractivity contribution in [2.45, 2.75) is 79.6 Å². The number of benzene rings is 4. The van der Waals surface area contributed by atoms with Crippen LogP contribution in [0, 0.1) is 0 Å². The van der Waals surface area contributed by atoms with Crippen molar-refractivity contribution in [2.24, 2.45) is 0 Å². The molecule has 4 saturated heterocycles. The summed E-state index contributed by atoms with van der Waals surface area (Å²) >= 11 is 0. The Morgan fingerprint density at radius 3 is 0.559 bits per heavy atom. The molecule has 12 heteroatoms. The van der Waals surface area contributed by atoms with Crippen molar-refractivity contribution in [2.75, 3.05) is 131 Å². The molecule has 0 atom stereocenters. The van der Waals surface area contributed by atoms with E-state index in [2.05, 4.69) is 115 Å². The zero-order valence-corrected chi connectivity index (χ0v) is 41.8. The van der Waals surface area contributed by atoms with Gasteiger partial charge in [-0.2, -0.15) is 0 Å². The Kier molecular flexibility index (Phi) is 15.9. The van der Waals surface area contributed by atoms with Gasteiger partial charge in [-0.15, -0.1) is 0 Å². The number of aromatic hydroxyl groups is 4. The molecular formula is C56H80N8O4. The summed E-state index contributed by atoms with van der Waals surface area (Å²) in [6, 6.07) is 17.2. The lowest BCUT2D eigenvalue weighted by Crippen LogP contribution is -2.45. The fraction of sp³-hybridized carbons (Fsp3) is 0.571. The van der Waals surface area contributed by atoms with Gasteiger partial charge in [0.1, 0.15) is 23.0 Å². The van der Waals surface area contributed by atoms with Crippen molar-refractivity contribution in [3.05, 3.63) is 115 Å². The molecule has 0 amide bonds. The lowest BCUT2D eigenvalue weighted by molar-refractivity contribution is 0.132. The molecular weight excluding hydrogens is 849 g/mol. The van der Waals surface area contributed by atoms with Gasteiger partial charge >= 0.3 is 0 Å². The normalized spacial score (nSPS) is 20.3. The van der Waals surface area contributed by atoms with Gasteiger partial charge in [0.25, 0.3) is 0 Å². The van der Waals surface area contributed by atoms with Gasteiger partial charge in [-0.3, -0.25) is 19.6 Å². The third kappa shape index (κ3) is 11.7. The van der Waals surface area contributed by atoms with Crippen molar-refractivity contribution >= 4 is 0 Å². The summed E-state index contributed by atoms with van der Waals surface area (Å²) in [6.45, 7) is 32.4. The van der Waals surface area contributed by atoms with Gasteiger partial charge in [0, 0.05) is 157 Å². The monoisotopic (exact) mass is 929 g/mol. The Bertz CT molecular complexity index is 1920. The average molecular weight is 929 g/mol. The SMILES string of the molecule is CCN1CCN(Cc2cc3c(O)c(c2)Cc2cc(CN4CCN(CC)CC4)cc(c2O)Cc2cc(CN4CCN(CC)CC4)cc(c2O)Cc2cc(CN4CCN(CC)CC4)cc(c2O)C3)CC1. The maximum atomic E-state index is 12.4. The Labute approximate surface area is 407 Å². The number of piperazine rings is 4. The van der Waals surface area contributed by atoms with Crippen LogP contribution in [0.15, 0.2) is 48.5 Å². The summed E-state index contributed by atoms with van der Waals surface area (Å²) in [5, 5.41) is 49.8. The fourth-order valence-electron chi connectivity index (χ4n) is 11.7.